The molecule has 15 heavy (non-hydrogen) atoms. The van der Waals surface area contributed by atoms with Gasteiger partial charge in [0.05, 0.1) is 12.1 Å². The van der Waals surface area contributed by atoms with E-state index in [2.05, 4.69) is 12.1 Å². The first-order valence-electron chi connectivity index (χ1n) is 5.57. The summed E-state index contributed by atoms with van der Waals surface area (Å²) in [6, 6.07) is 4.18. The van der Waals surface area contributed by atoms with Crippen molar-refractivity contribution >= 4 is 5.78 Å². The van der Waals surface area contributed by atoms with Crippen LogP contribution in [-0.4, -0.2) is 5.78 Å². The first kappa shape index (κ1) is 11.7. The molecule has 0 N–H and O–H groups in total. The van der Waals surface area contributed by atoms with Crippen molar-refractivity contribution in [2.24, 2.45) is 11.8 Å². The molecule has 2 atom stereocenters. The highest BCUT2D eigenvalue weighted by atomic mass is 16.1. The molecule has 1 rings (SSSR count). The molecule has 1 fully saturated rings. The monoisotopic (exact) mass is 204 g/mol. The molecular formula is C12H16N2O. The van der Waals surface area contributed by atoms with Crippen LogP contribution in [0.25, 0.3) is 0 Å². The Morgan fingerprint density at radius 1 is 1.07 bits per heavy atom. The van der Waals surface area contributed by atoms with Crippen molar-refractivity contribution in [1.29, 1.82) is 10.5 Å². The Kier molecular flexibility index (Phi) is 4.84. The van der Waals surface area contributed by atoms with E-state index in [1.807, 2.05) is 0 Å². The molecule has 0 radical (unpaired) electrons. The zero-order valence-electron chi connectivity index (χ0n) is 8.91. The first-order chi connectivity index (χ1) is 7.29. The van der Waals surface area contributed by atoms with Crippen LogP contribution < -0.4 is 0 Å². The van der Waals surface area contributed by atoms with Crippen LogP contribution in [0, 0.1) is 34.5 Å². The highest BCUT2D eigenvalue weighted by Gasteiger charge is 2.30. The molecule has 0 spiro atoms. The molecule has 3 nitrogen and oxygen atoms in total. The topological polar surface area (TPSA) is 64.7 Å². The predicted molar refractivity (Wildman–Crippen MR) is 55.5 cm³/mol. The summed E-state index contributed by atoms with van der Waals surface area (Å²) in [5.74, 6) is 0.468. The van der Waals surface area contributed by atoms with Crippen LogP contribution in [-0.2, 0) is 4.79 Å². The molecule has 0 heterocycles. The zero-order chi connectivity index (χ0) is 11.1. The van der Waals surface area contributed by atoms with E-state index in [1.54, 1.807) is 0 Å². The van der Waals surface area contributed by atoms with Crippen molar-refractivity contribution in [2.45, 2.75) is 44.9 Å². The lowest BCUT2D eigenvalue weighted by Crippen LogP contribution is -2.28. The van der Waals surface area contributed by atoms with Gasteiger partial charge in [-0.05, 0) is 25.7 Å². The van der Waals surface area contributed by atoms with Gasteiger partial charge >= 0.3 is 0 Å². The van der Waals surface area contributed by atoms with E-state index in [0.29, 0.717) is 31.5 Å². The fourth-order valence-electron chi connectivity index (χ4n) is 2.28. The Bertz CT molecular complexity index is 270. The molecule has 0 unspecified atom stereocenters. The van der Waals surface area contributed by atoms with E-state index in [-0.39, 0.29) is 11.8 Å². The second-order valence-corrected chi connectivity index (χ2v) is 4.12. The molecule has 0 amide bonds. The maximum atomic E-state index is 11.9. The van der Waals surface area contributed by atoms with Crippen molar-refractivity contribution < 1.29 is 4.79 Å². The van der Waals surface area contributed by atoms with Gasteiger partial charge in [-0.1, -0.05) is 6.42 Å². The number of nitrogens with zero attached hydrogens (tertiary/aromatic N) is 2. The minimum atomic E-state index is 0.0853. The normalized spacial score (nSPS) is 25.6. The highest BCUT2D eigenvalue weighted by molar-refractivity contribution is 5.84. The fourth-order valence-corrected chi connectivity index (χ4v) is 2.28. The number of hydrogen-bond acceptors (Lipinski definition) is 3. The third-order valence-electron chi connectivity index (χ3n) is 3.12. The Morgan fingerprint density at radius 3 is 1.93 bits per heavy atom. The van der Waals surface area contributed by atoms with Gasteiger partial charge in [-0.3, -0.25) is 4.79 Å². The van der Waals surface area contributed by atoms with Crippen LogP contribution >= 0.6 is 0 Å². The number of nitriles is 2. The van der Waals surface area contributed by atoms with Crippen LogP contribution in [0.1, 0.15) is 44.9 Å². The van der Waals surface area contributed by atoms with Gasteiger partial charge in [0.1, 0.15) is 5.78 Å². The van der Waals surface area contributed by atoms with E-state index >= 15 is 0 Å². The second kappa shape index (κ2) is 6.19. The first-order valence-corrected chi connectivity index (χ1v) is 5.57. The van der Waals surface area contributed by atoms with Crippen LogP contribution in [0.15, 0.2) is 0 Å². The maximum absolute atomic E-state index is 11.9. The highest BCUT2D eigenvalue weighted by Crippen LogP contribution is 2.31. The summed E-state index contributed by atoms with van der Waals surface area (Å²) in [5.41, 5.74) is 0. The van der Waals surface area contributed by atoms with Gasteiger partial charge in [0, 0.05) is 24.7 Å². The average molecular weight is 204 g/mol. The predicted octanol–water partition coefficient (Wildman–Crippen LogP) is 2.58. The molecule has 0 aromatic carbocycles. The number of rotatable bonds is 4. The van der Waals surface area contributed by atoms with Crippen molar-refractivity contribution in [3.8, 4) is 12.1 Å². The summed E-state index contributed by atoms with van der Waals surface area (Å²) in [4.78, 5) is 11.9. The molecule has 0 bridgehead atoms. The Morgan fingerprint density at radius 2 is 1.53 bits per heavy atom. The van der Waals surface area contributed by atoms with Gasteiger partial charge in [-0.25, -0.2) is 0 Å². The lowest BCUT2D eigenvalue weighted by molar-refractivity contribution is -0.129. The molecule has 0 aliphatic heterocycles. The molecule has 1 aliphatic rings. The number of carbonyl (C=O) groups is 1. The van der Waals surface area contributed by atoms with Crippen LogP contribution in [0.3, 0.4) is 0 Å². The standard InChI is InChI=1S/C12H16N2O/c13-8-2-6-10-4-1-5-11(12(10)15)7-3-9-14/h10-11H,1-7H2/t10-,11-/m1/s1. The van der Waals surface area contributed by atoms with Crippen LogP contribution in [0.4, 0.5) is 0 Å². The number of Topliss-reactive ketones (excluding diaryl/α,β-unsaturated/α-hetero) is 1. The van der Waals surface area contributed by atoms with Crippen LogP contribution in [0.5, 0.6) is 0 Å². The van der Waals surface area contributed by atoms with Crippen molar-refractivity contribution in [3.63, 3.8) is 0 Å². The van der Waals surface area contributed by atoms with Gasteiger partial charge in [0.15, 0.2) is 0 Å². The SMILES string of the molecule is N#CCC[C@H]1CCC[C@H](CCC#N)C1=O. The summed E-state index contributed by atoms with van der Waals surface area (Å²) in [5, 5.41) is 17.0. The minimum Gasteiger partial charge on any atom is -0.299 e. The fraction of sp³-hybridized carbons (Fsp3) is 0.750. The van der Waals surface area contributed by atoms with E-state index in [1.165, 1.54) is 0 Å². The van der Waals surface area contributed by atoms with Crippen LogP contribution in [0.2, 0.25) is 0 Å². The molecule has 1 saturated carbocycles. The van der Waals surface area contributed by atoms with Crippen molar-refractivity contribution in [3.05, 3.63) is 0 Å². The quantitative estimate of drug-likeness (QED) is 0.706. The zero-order valence-corrected chi connectivity index (χ0v) is 8.91. The van der Waals surface area contributed by atoms with Gasteiger partial charge in [0.25, 0.3) is 0 Å². The third kappa shape index (κ3) is 3.36. The van der Waals surface area contributed by atoms with E-state index in [4.69, 9.17) is 10.5 Å². The van der Waals surface area contributed by atoms with Crippen molar-refractivity contribution in [2.75, 3.05) is 0 Å². The Hall–Kier alpha value is -1.35. The lowest BCUT2D eigenvalue weighted by atomic mass is 9.76. The minimum absolute atomic E-state index is 0.0853. The number of hydrogen-bond donors (Lipinski definition) is 0. The second-order valence-electron chi connectivity index (χ2n) is 4.12. The lowest BCUT2D eigenvalue weighted by Gasteiger charge is -2.26. The van der Waals surface area contributed by atoms with Gasteiger partial charge in [-0.2, -0.15) is 10.5 Å². The van der Waals surface area contributed by atoms with Crippen molar-refractivity contribution in [1.82, 2.24) is 0 Å². The summed E-state index contributed by atoms with van der Waals surface area (Å²) in [7, 11) is 0. The molecule has 3 heteroatoms. The van der Waals surface area contributed by atoms with E-state index in [0.717, 1.165) is 19.3 Å². The summed E-state index contributed by atoms with van der Waals surface area (Å²) in [6.07, 6.45) is 5.30. The third-order valence-corrected chi connectivity index (χ3v) is 3.12. The molecule has 1 aliphatic carbocycles. The van der Waals surface area contributed by atoms with Gasteiger partial charge in [0.2, 0.25) is 0 Å². The molecule has 0 saturated heterocycles. The molecular weight excluding hydrogens is 188 g/mol. The number of ketones is 1. The molecule has 80 valence electrons. The summed E-state index contributed by atoms with van der Waals surface area (Å²) < 4.78 is 0. The Balaban J connectivity index is 2.45. The van der Waals surface area contributed by atoms with E-state index < -0.39 is 0 Å². The summed E-state index contributed by atoms with van der Waals surface area (Å²) >= 11 is 0. The average Bonchev–Trinajstić information content (AvgIpc) is 2.26. The Labute approximate surface area is 90.7 Å². The molecule has 0 aromatic rings. The largest absolute Gasteiger partial charge is 0.299 e. The smallest absolute Gasteiger partial charge is 0.139 e. The van der Waals surface area contributed by atoms with Gasteiger partial charge in [-0.15, -0.1) is 0 Å². The van der Waals surface area contributed by atoms with Gasteiger partial charge < -0.3 is 0 Å². The number of carbonyl (C=O) groups excluding carboxylic acids is 1. The maximum Gasteiger partial charge on any atom is 0.139 e. The molecule has 0 aromatic heterocycles. The van der Waals surface area contributed by atoms with E-state index in [9.17, 15) is 4.79 Å². The summed E-state index contributed by atoms with van der Waals surface area (Å²) in [6.45, 7) is 0.